The van der Waals surface area contributed by atoms with Crippen LogP contribution in [0.3, 0.4) is 0 Å². The highest BCUT2D eigenvalue weighted by Gasteiger charge is 2.07. The van der Waals surface area contributed by atoms with Crippen LogP contribution in [0, 0.1) is 0 Å². The largest absolute Gasteiger partial charge is 0.486 e. The molecule has 0 radical (unpaired) electrons. The average Bonchev–Trinajstić information content (AvgIpc) is 2.53. The molecule has 2 aromatic carbocycles. The molecule has 0 aliphatic heterocycles. The Morgan fingerprint density at radius 1 is 1.13 bits per heavy atom. The third-order valence-electron chi connectivity index (χ3n) is 3.38. The number of carboxylic acid groups (broad SMARTS) is 1. The van der Waals surface area contributed by atoms with Gasteiger partial charge in [0.2, 0.25) is 0 Å². The fourth-order valence-corrected chi connectivity index (χ4v) is 2.83. The maximum atomic E-state index is 10.7. The number of halogens is 1. The number of pyridine rings is 1. The van der Waals surface area contributed by atoms with Crippen LogP contribution in [-0.4, -0.2) is 16.1 Å². The smallest absolute Gasteiger partial charge is 0.307 e. The van der Waals surface area contributed by atoms with Crippen molar-refractivity contribution in [3.63, 3.8) is 0 Å². The van der Waals surface area contributed by atoms with E-state index in [0.29, 0.717) is 12.4 Å². The number of hydrogen-bond acceptors (Lipinski definition) is 3. The van der Waals surface area contributed by atoms with E-state index in [1.807, 2.05) is 36.4 Å². The number of carboxylic acids is 1. The monoisotopic (exact) mass is 371 g/mol. The Labute approximate surface area is 141 Å². The summed E-state index contributed by atoms with van der Waals surface area (Å²) >= 11 is 3.41. The molecule has 1 heterocycles. The maximum Gasteiger partial charge on any atom is 0.307 e. The van der Waals surface area contributed by atoms with Gasteiger partial charge in [0.05, 0.1) is 22.1 Å². The number of rotatable bonds is 5. The lowest BCUT2D eigenvalue weighted by Gasteiger charge is -2.09. The Bertz CT molecular complexity index is 864. The predicted octanol–water partition coefficient (Wildman–Crippen LogP) is 4.20. The molecule has 1 N–H and O–H groups in total. The van der Waals surface area contributed by atoms with Crippen LogP contribution in [0.4, 0.5) is 0 Å². The molecular weight excluding hydrogens is 358 g/mol. The summed E-state index contributed by atoms with van der Waals surface area (Å²) in [5.74, 6) is -0.194. The number of aliphatic carboxylic acids is 1. The van der Waals surface area contributed by atoms with Gasteiger partial charge in [-0.25, -0.2) is 4.98 Å². The zero-order chi connectivity index (χ0) is 16.2. The second-order valence-corrected chi connectivity index (χ2v) is 5.97. The second kappa shape index (κ2) is 6.79. The van der Waals surface area contributed by atoms with Crippen molar-refractivity contribution < 1.29 is 14.6 Å². The fraction of sp³-hybridized carbons (Fsp3) is 0.111. The van der Waals surface area contributed by atoms with Gasteiger partial charge in [0.15, 0.2) is 0 Å². The molecule has 0 atom stereocenters. The van der Waals surface area contributed by atoms with Crippen molar-refractivity contribution in [2.75, 3.05) is 0 Å². The number of carbonyl (C=O) groups is 1. The first kappa shape index (κ1) is 15.5. The molecule has 0 saturated carbocycles. The SMILES string of the molecule is O=C(O)Cc1ccc(OCc2ccc3ccccc3n2)c(Br)c1. The van der Waals surface area contributed by atoms with Gasteiger partial charge in [0, 0.05) is 5.39 Å². The van der Waals surface area contributed by atoms with Crippen LogP contribution >= 0.6 is 15.9 Å². The lowest BCUT2D eigenvalue weighted by Crippen LogP contribution is -2.01. The van der Waals surface area contributed by atoms with Gasteiger partial charge in [-0.2, -0.15) is 0 Å². The molecule has 0 amide bonds. The topological polar surface area (TPSA) is 59.4 Å². The summed E-state index contributed by atoms with van der Waals surface area (Å²) in [6.07, 6.45) is -0.00882. The van der Waals surface area contributed by atoms with Gasteiger partial charge in [-0.05, 0) is 45.8 Å². The van der Waals surface area contributed by atoms with E-state index in [2.05, 4.69) is 20.9 Å². The zero-order valence-electron chi connectivity index (χ0n) is 12.2. The van der Waals surface area contributed by atoms with Crippen molar-refractivity contribution >= 4 is 32.8 Å². The van der Waals surface area contributed by atoms with Crippen molar-refractivity contribution in [1.82, 2.24) is 4.98 Å². The average molecular weight is 372 g/mol. The molecule has 1 aromatic heterocycles. The fourth-order valence-electron chi connectivity index (χ4n) is 2.29. The summed E-state index contributed by atoms with van der Waals surface area (Å²) in [6.45, 7) is 0.349. The number of ether oxygens (including phenoxy) is 1. The lowest BCUT2D eigenvalue weighted by atomic mass is 10.1. The van der Waals surface area contributed by atoms with E-state index in [1.54, 1.807) is 18.2 Å². The summed E-state index contributed by atoms with van der Waals surface area (Å²) < 4.78 is 6.51. The van der Waals surface area contributed by atoms with Crippen LogP contribution in [-0.2, 0) is 17.8 Å². The van der Waals surface area contributed by atoms with Gasteiger partial charge in [0.25, 0.3) is 0 Å². The van der Waals surface area contributed by atoms with E-state index in [0.717, 1.165) is 26.6 Å². The molecule has 5 heteroatoms. The summed E-state index contributed by atoms with van der Waals surface area (Å²) in [5, 5.41) is 9.90. The van der Waals surface area contributed by atoms with Crippen LogP contribution < -0.4 is 4.74 Å². The molecule has 0 aliphatic rings. The number of benzene rings is 2. The van der Waals surface area contributed by atoms with E-state index in [1.165, 1.54) is 0 Å². The Kier molecular flexibility index (Phi) is 4.57. The highest BCUT2D eigenvalue weighted by Crippen LogP contribution is 2.27. The van der Waals surface area contributed by atoms with E-state index in [-0.39, 0.29) is 6.42 Å². The van der Waals surface area contributed by atoms with Crippen molar-refractivity contribution in [3.05, 3.63) is 70.3 Å². The molecular formula is C18H14BrNO3. The first-order chi connectivity index (χ1) is 11.1. The number of aromatic nitrogens is 1. The summed E-state index contributed by atoms with van der Waals surface area (Å²) in [5.41, 5.74) is 2.50. The lowest BCUT2D eigenvalue weighted by molar-refractivity contribution is -0.136. The van der Waals surface area contributed by atoms with Gasteiger partial charge in [-0.15, -0.1) is 0 Å². The minimum Gasteiger partial charge on any atom is -0.486 e. The standard InChI is InChI=1S/C18H14BrNO3/c19-15-9-12(10-18(21)22)5-8-17(15)23-11-14-7-6-13-3-1-2-4-16(13)20-14/h1-9H,10-11H2,(H,21,22). The van der Waals surface area contributed by atoms with E-state index in [9.17, 15) is 4.79 Å². The number of nitrogens with zero attached hydrogens (tertiary/aromatic N) is 1. The number of fused-ring (bicyclic) bond motifs is 1. The predicted molar refractivity (Wildman–Crippen MR) is 91.6 cm³/mol. The Morgan fingerprint density at radius 3 is 2.74 bits per heavy atom. The van der Waals surface area contributed by atoms with Crippen LogP contribution in [0.15, 0.2) is 59.1 Å². The minimum absolute atomic E-state index is 0.00882. The van der Waals surface area contributed by atoms with Crippen LogP contribution in [0.25, 0.3) is 10.9 Å². The van der Waals surface area contributed by atoms with Crippen molar-refractivity contribution in [3.8, 4) is 5.75 Å². The summed E-state index contributed by atoms with van der Waals surface area (Å²) in [6, 6.07) is 17.2. The van der Waals surface area contributed by atoms with Gasteiger partial charge in [-0.1, -0.05) is 30.3 Å². The zero-order valence-corrected chi connectivity index (χ0v) is 13.8. The summed E-state index contributed by atoms with van der Waals surface area (Å²) in [4.78, 5) is 15.3. The maximum absolute atomic E-state index is 10.7. The summed E-state index contributed by atoms with van der Waals surface area (Å²) in [7, 11) is 0. The number of para-hydroxylation sites is 1. The molecule has 23 heavy (non-hydrogen) atoms. The molecule has 0 aliphatic carbocycles. The van der Waals surface area contributed by atoms with Crippen LogP contribution in [0.2, 0.25) is 0 Å². The van der Waals surface area contributed by atoms with Gasteiger partial charge >= 0.3 is 5.97 Å². The molecule has 0 spiro atoms. The van der Waals surface area contributed by atoms with E-state index < -0.39 is 5.97 Å². The van der Waals surface area contributed by atoms with Crippen molar-refractivity contribution in [2.24, 2.45) is 0 Å². The molecule has 3 aromatic rings. The Morgan fingerprint density at radius 2 is 1.96 bits per heavy atom. The number of hydrogen-bond donors (Lipinski definition) is 1. The van der Waals surface area contributed by atoms with E-state index >= 15 is 0 Å². The minimum atomic E-state index is -0.856. The van der Waals surface area contributed by atoms with Crippen LogP contribution in [0.5, 0.6) is 5.75 Å². The highest BCUT2D eigenvalue weighted by molar-refractivity contribution is 9.10. The van der Waals surface area contributed by atoms with Crippen molar-refractivity contribution in [2.45, 2.75) is 13.0 Å². The Balaban J connectivity index is 1.72. The molecule has 0 saturated heterocycles. The van der Waals surface area contributed by atoms with E-state index in [4.69, 9.17) is 9.84 Å². The second-order valence-electron chi connectivity index (χ2n) is 5.12. The molecule has 0 bridgehead atoms. The van der Waals surface area contributed by atoms with Gasteiger partial charge in [0.1, 0.15) is 12.4 Å². The van der Waals surface area contributed by atoms with Crippen molar-refractivity contribution in [1.29, 1.82) is 0 Å². The molecule has 0 unspecified atom stereocenters. The quantitative estimate of drug-likeness (QED) is 0.729. The Hall–Kier alpha value is -2.40. The first-order valence-corrected chi connectivity index (χ1v) is 7.89. The molecule has 4 nitrogen and oxygen atoms in total. The van der Waals surface area contributed by atoms with Crippen LogP contribution in [0.1, 0.15) is 11.3 Å². The van der Waals surface area contributed by atoms with Gasteiger partial charge < -0.3 is 9.84 Å². The molecule has 0 fully saturated rings. The molecule has 3 rings (SSSR count). The third-order valence-corrected chi connectivity index (χ3v) is 4.00. The first-order valence-electron chi connectivity index (χ1n) is 7.09. The molecule has 116 valence electrons. The third kappa shape index (κ3) is 3.87. The highest BCUT2D eigenvalue weighted by atomic mass is 79.9. The van der Waals surface area contributed by atoms with Gasteiger partial charge in [-0.3, -0.25) is 4.79 Å². The normalized spacial score (nSPS) is 10.7.